The molecule has 0 aliphatic rings. The zero-order valence-corrected chi connectivity index (χ0v) is 11.0. The average Bonchev–Trinajstić information content (AvgIpc) is 2.36. The number of hydrogen-bond donors (Lipinski definition) is 1. The van der Waals surface area contributed by atoms with Crippen LogP contribution in [0.15, 0.2) is 18.2 Å². The van der Waals surface area contributed by atoms with Gasteiger partial charge in [0.15, 0.2) is 0 Å². The van der Waals surface area contributed by atoms with Crippen molar-refractivity contribution in [3.8, 4) is 6.07 Å². The number of benzene rings is 1. The van der Waals surface area contributed by atoms with Gasteiger partial charge in [0.25, 0.3) is 5.91 Å². The lowest BCUT2D eigenvalue weighted by molar-refractivity contribution is -0.136. The van der Waals surface area contributed by atoms with Gasteiger partial charge in [-0.1, -0.05) is 6.07 Å². The molecule has 1 amide bonds. The maximum Gasteiger partial charge on any atom is 0.418 e. The number of halogens is 3. The molecule has 20 heavy (non-hydrogen) atoms. The number of nitrogens with two attached hydrogens (primary N) is 1. The summed E-state index contributed by atoms with van der Waals surface area (Å²) in [5, 5.41) is 8.58. The highest BCUT2D eigenvalue weighted by molar-refractivity contribution is 5.99. The quantitative estimate of drug-likeness (QED) is 0.868. The Morgan fingerprint density at radius 1 is 1.50 bits per heavy atom. The van der Waals surface area contributed by atoms with Gasteiger partial charge < -0.3 is 10.6 Å². The molecular formula is C13H14F3N3O. The van der Waals surface area contributed by atoms with Gasteiger partial charge in [0, 0.05) is 13.1 Å². The van der Waals surface area contributed by atoms with Gasteiger partial charge in [0.2, 0.25) is 0 Å². The van der Waals surface area contributed by atoms with Crippen molar-refractivity contribution < 1.29 is 18.0 Å². The van der Waals surface area contributed by atoms with Crippen molar-refractivity contribution in [2.45, 2.75) is 25.6 Å². The molecule has 0 radical (unpaired) electrons. The number of alkyl halides is 3. The molecule has 1 aromatic rings. The molecule has 0 spiro atoms. The Hall–Kier alpha value is -2.23. The second kappa shape index (κ2) is 5.82. The van der Waals surface area contributed by atoms with Crippen LogP contribution in [0.5, 0.6) is 0 Å². The summed E-state index contributed by atoms with van der Waals surface area (Å²) in [5.74, 6) is -0.642. The van der Waals surface area contributed by atoms with Crippen LogP contribution in [-0.2, 0) is 6.18 Å². The minimum Gasteiger partial charge on any atom is -0.398 e. The number of nitrogen functional groups attached to an aromatic ring is 1. The fourth-order valence-corrected chi connectivity index (χ4v) is 1.66. The Morgan fingerprint density at radius 3 is 2.60 bits per heavy atom. The average molecular weight is 285 g/mol. The maximum atomic E-state index is 12.7. The van der Waals surface area contributed by atoms with Gasteiger partial charge in [0.05, 0.1) is 29.3 Å². The van der Waals surface area contributed by atoms with Crippen molar-refractivity contribution in [1.82, 2.24) is 4.90 Å². The molecule has 7 heteroatoms. The fourth-order valence-electron chi connectivity index (χ4n) is 1.66. The Balaban J connectivity index is 3.16. The number of nitrogens with zero attached hydrogens (tertiary/aromatic N) is 2. The Labute approximate surface area is 114 Å². The number of hydrogen-bond acceptors (Lipinski definition) is 3. The van der Waals surface area contributed by atoms with E-state index in [-0.39, 0.29) is 12.0 Å². The smallest absolute Gasteiger partial charge is 0.398 e. The highest BCUT2D eigenvalue weighted by Crippen LogP contribution is 2.35. The molecule has 1 aromatic carbocycles. The lowest BCUT2D eigenvalue weighted by Crippen LogP contribution is -2.35. The molecule has 0 saturated carbocycles. The van der Waals surface area contributed by atoms with E-state index >= 15 is 0 Å². The summed E-state index contributed by atoms with van der Waals surface area (Å²) < 4.78 is 38.2. The number of rotatable bonds is 3. The monoisotopic (exact) mass is 285 g/mol. The third-order valence-electron chi connectivity index (χ3n) is 3.01. The fraction of sp³-hybridized carbons (Fsp3) is 0.385. The maximum absolute atomic E-state index is 12.7. The minimum absolute atomic E-state index is 0.0844. The highest BCUT2D eigenvalue weighted by Gasteiger charge is 2.34. The molecule has 0 aliphatic carbocycles. The van der Waals surface area contributed by atoms with Crippen LogP contribution in [0.1, 0.15) is 29.3 Å². The van der Waals surface area contributed by atoms with Crippen LogP contribution in [0.3, 0.4) is 0 Å². The largest absolute Gasteiger partial charge is 0.418 e. The Morgan fingerprint density at radius 2 is 2.10 bits per heavy atom. The summed E-state index contributed by atoms with van der Waals surface area (Å²) in [5.41, 5.74) is 3.60. The zero-order chi connectivity index (χ0) is 15.5. The molecule has 0 saturated heterocycles. The number of amides is 1. The van der Waals surface area contributed by atoms with E-state index in [4.69, 9.17) is 11.0 Å². The SMILES string of the molecule is CC(CC#N)N(C)C(=O)c1cccc(C(F)(F)F)c1N. The molecule has 1 unspecified atom stereocenters. The van der Waals surface area contributed by atoms with Gasteiger partial charge in [-0.25, -0.2) is 0 Å². The lowest BCUT2D eigenvalue weighted by Gasteiger charge is -2.24. The van der Waals surface area contributed by atoms with Crippen LogP contribution in [-0.4, -0.2) is 23.9 Å². The van der Waals surface area contributed by atoms with Crippen molar-refractivity contribution in [3.63, 3.8) is 0 Å². The van der Waals surface area contributed by atoms with Gasteiger partial charge in [-0.15, -0.1) is 0 Å². The van der Waals surface area contributed by atoms with Gasteiger partial charge in [-0.05, 0) is 19.1 Å². The highest BCUT2D eigenvalue weighted by atomic mass is 19.4. The Kier molecular flexibility index (Phi) is 4.61. The first-order valence-corrected chi connectivity index (χ1v) is 5.80. The summed E-state index contributed by atoms with van der Waals surface area (Å²) in [6, 6.07) is 4.68. The number of carbonyl (C=O) groups is 1. The molecule has 1 atom stereocenters. The predicted octanol–water partition coefficient (Wildman–Crippen LogP) is 2.66. The van der Waals surface area contributed by atoms with E-state index in [1.54, 1.807) is 6.92 Å². The van der Waals surface area contributed by atoms with Gasteiger partial charge in [-0.2, -0.15) is 18.4 Å². The molecule has 0 aromatic heterocycles. The van der Waals surface area contributed by atoms with E-state index in [0.717, 1.165) is 12.1 Å². The molecule has 4 nitrogen and oxygen atoms in total. The predicted molar refractivity (Wildman–Crippen MR) is 67.6 cm³/mol. The molecule has 2 N–H and O–H groups in total. The van der Waals surface area contributed by atoms with Crippen molar-refractivity contribution >= 4 is 11.6 Å². The van der Waals surface area contributed by atoms with E-state index < -0.39 is 29.4 Å². The van der Waals surface area contributed by atoms with Crippen molar-refractivity contribution in [2.75, 3.05) is 12.8 Å². The van der Waals surface area contributed by atoms with E-state index in [0.29, 0.717) is 0 Å². The summed E-state index contributed by atoms with van der Waals surface area (Å²) in [6.07, 6.45) is -4.53. The minimum atomic E-state index is -4.61. The summed E-state index contributed by atoms with van der Waals surface area (Å²) in [6.45, 7) is 1.63. The van der Waals surface area contributed by atoms with E-state index in [2.05, 4.69) is 0 Å². The third kappa shape index (κ3) is 3.20. The molecule has 0 fully saturated rings. The first-order valence-electron chi connectivity index (χ1n) is 5.80. The van der Waals surface area contributed by atoms with Crippen LogP contribution >= 0.6 is 0 Å². The van der Waals surface area contributed by atoms with E-state index in [9.17, 15) is 18.0 Å². The molecule has 108 valence electrons. The van der Waals surface area contributed by atoms with Crippen molar-refractivity contribution in [2.24, 2.45) is 0 Å². The summed E-state index contributed by atoms with van der Waals surface area (Å²) >= 11 is 0. The van der Waals surface area contributed by atoms with Crippen LogP contribution in [0, 0.1) is 11.3 Å². The third-order valence-corrected chi connectivity index (χ3v) is 3.01. The summed E-state index contributed by atoms with van der Waals surface area (Å²) in [4.78, 5) is 13.3. The second-order valence-corrected chi connectivity index (χ2v) is 4.39. The lowest BCUT2D eigenvalue weighted by atomic mass is 10.0. The number of anilines is 1. The molecule has 0 aliphatic heterocycles. The van der Waals surface area contributed by atoms with Crippen LogP contribution in [0.2, 0.25) is 0 Å². The van der Waals surface area contributed by atoms with Gasteiger partial charge >= 0.3 is 6.18 Å². The summed E-state index contributed by atoms with van der Waals surface area (Å²) in [7, 11) is 1.42. The van der Waals surface area contributed by atoms with Crippen molar-refractivity contribution in [3.05, 3.63) is 29.3 Å². The standard InChI is InChI=1S/C13H14F3N3O/c1-8(6-7-17)19(2)12(20)9-4-3-5-10(11(9)18)13(14,15)16/h3-5,8H,6,18H2,1-2H3. The van der Waals surface area contributed by atoms with Gasteiger partial charge in [0.1, 0.15) is 0 Å². The normalized spacial score (nSPS) is 12.6. The van der Waals surface area contributed by atoms with Crippen LogP contribution in [0.25, 0.3) is 0 Å². The Bertz CT molecular complexity index is 549. The first kappa shape index (κ1) is 15.8. The van der Waals surface area contributed by atoms with Crippen LogP contribution < -0.4 is 5.73 Å². The molecule has 0 bridgehead atoms. The molecular weight excluding hydrogens is 271 g/mol. The van der Waals surface area contributed by atoms with E-state index in [1.807, 2.05) is 6.07 Å². The van der Waals surface area contributed by atoms with Crippen molar-refractivity contribution in [1.29, 1.82) is 5.26 Å². The second-order valence-electron chi connectivity index (χ2n) is 4.39. The number of para-hydroxylation sites is 1. The first-order chi connectivity index (χ1) is 9.20. The number of nitriles is 1. The van der Waals surface area contributed by atoms with E-state index in [1.165, 1.54) is 18.0 Å². The molecule has 1 rings (SSSR count). The molecule has 0 heterocycles. The topological polar surface area (TPSA) is 70.1 Å². The zero-order valence-electron chi connectivity index (χ0n) is 11.0. The van der Waals surface area contributed by atoms with Crippen LogP contribution in [0.4, 0.5) is 18.9 Å². The van der Waals surface area contributed by atoms with Gasteiger partial charge in [-0.3, -0.25) is 4.79 Å². The number of carbonyl (C=O) groups excluding carboxylic acids is 1.